The molecule has 13 rings (SSSR count). The quantitative estimate of drug-likeness (QED) is 0.157. The maximum absolute atomic E-state index is 2.41. The van der Waals surface area contributed by atoms with Gasteiger partial charge in [0.05, 0.1) is 0 Å². The van der Waals surface area contributed by atoms with Crippen molar-refractivity contribution in [1.82, 2.24) is 0 Å². The van der Waals surface area contributed by atoms with Crippen LogP contribution in [0.2, 0.25) is 0 Å². The van der Waals surface area contributed by atoms with Crippen molar-refractivity contribution in [2.45, 2.75) is 0 Å². The number of hydrogen-bond donors (Lipinski definition) is 0. The summed E-state index contributed by atoms with van der Waals surface area (Å²) >= 11 is 3.85. The van der Waals surface area contributed by atoms with Gasteiger partial charge in [-0.15, -0.1) is 22.7 Å². The van der Waals surface area contributed by atoms with Crippen LogP contribution in [-0.2, 0) is 0 Å². The lowest BCUT2D eigenvalue weighted by Crippen LogP contribution is -1.91. The maximum Gasteiger partial charge on any atom is 0.0448 e. The molecule has 0 amide bonds. The minimum absolute atomic E-state index is 1.24. The van der Waals surface area contributed by atoms with E-state index in [-0.39, 0.29) is 0 Å². The molecule has 0 radical (unpaired) electrons. The Bertz CT molecular complexity index is 3800. The van der Waals surface area contributed by atoms with Gasteiger partial charge in [-0.25, -0.2) is 0 Å². The predicted octanol–water partition coefficient (Wildman–Crippen LogP) is 17.2. The highest BCUT2D eigenvalue weighted by molar-refractivity contribution is 7.29. The van der Waals surface area contributed by atoms with Gasteiger partial charge in [0.1, 0.15) is 0 Å². The number of fused-ring (bicyclic) bond motifs is 13. The van der Waals surface area contributed by atoms with Crippen molar-refractivity contribution >= 4 is 117 Å². The smallest absolute Gasteiger partial charge is 0.0448 e. The molecular formula is C56H32S2. The average molecular weight is 769 g/mol. The Morgan fingerprint density at radius 3 is 1.48 bits per heavy atom. The lowest BCUT2D eigenvalue weighted by molar-refractivity contribution is 1.67. The first-order chi connectivity index (χ1) is 28.7. The van der Waals surface area contributed by atoms with Crippen LogP contribution in [0.5, 0.6) is 0 Å². The van der Waals surface area contributed by atoms with E-state index in [9.17, 15) is 0 Å². The summed E-state index contributed by atoms with van der Waals surface area (Å²) in [6, 6.07) is 72.5. The highest BCUT2D eigenvalue weighted by atomic mass is 32.1. The molecule has 2 heteroatoms. The molecule has 2 aromatic heterocycles. The molecule has 0 aliphatic rings. The van der Waals surface area contributed by atoms with E-state index in [0.29, 0.717) is 0 Å². The van der Waals surface area contributed by atoms with Crippen LogP contribution in [0.1, 0.15) is 0 Å². The van der Waals surface area contributed by atoms with Crippen molar-refractivity contribution in [2.24, 2.45) is 0 Å². The van der Waals surface area contributed by atoms with E-state index >= 15 is 0 Å². The van der Waals surface area contributed by atoms with Gasteiger partial charge in [0.2, 0.25) is 0 Å². The molecule has 0 saturated carbocycles. The first-order valence-electron chi connectivity index (χ1n) is 19.9. The Morgan fingerprint density at radius 1 is 0.259 bits per heavy atom. The third kappa shape index (κ3) is 4.68. The molecule has 11 aromatic carbocycles. The normalized spacial score (nSPS) is 12.1. The summed E-state index contributed by atoms with van der Waals surface area (Å²) in [7, 11) is 0. The van der Waals surface area contributed by atoms with Gasteiger partial charge in [0.25, 0.3) is 0 Å². The van der Waals surface area contributed by atoms with Crippen molar-refractivity contribution in [2.75, 3.05) is 0 Å². The van der Waals surface area contributed by atoms with Crippen molar-refractivity contribution < 1.29 is 0 Å². The molecule has 0 N–H and O–H groups in total. The molecule has 0 fully saturated rings. The zero-order valence-electron chi connectivity index (χ0n) is 31.3. The number of benzene rings is 11. The fourth-order valence-corrected chi connectivity index (χ4v) is 12.3. The topological polar surface area (TPSA) is 0 Å². The molecule has 0 atom stereocenters. The maximum atomic E-state index is 2.41. The van der Waals surface area contributed by atoms with Gasteiger partial charge in [-0.2, -0.15) is 0 Å². The molecule has 0 saturated heterocycles. The average Bonchev–Trinajstić information content (AvgIpc) is 3.86. The van der Waals surface area contributed by atoms with E-state index in [1.807, 2.05) is 22.7 Å². The minimum Gasteiger partial charge on any atom is -0.134 e. The Labute approximate surface area is 342 Å². The molecule has 2 heterocycles. The van der Waals surface area contributed by atoms with E-state index in [0.717, 1.165) is 0 Å². The van der Waals surface area contributed by atoms with Crippen molar-refractivity contribution in [3.63, 3.8) is 0 Å². The Morgan fingerprint density at radius 2 is 0.759 bits per heavy atom. The highest BCUT2D eigenvalue weighted by Gasteiger charge is 2.19. The van der Waals surface area contributed by atoms with E-state index in [1.165, 1.54) is 128 Å². The largest absolute Gasteiger partial charge is 0.134 e. The molecule has 0 spiro atoms. The molecule has 58 heavy (non-hydrogen) atoms. The molecular weight excluding hydrogens is 737 g/mol. The SMILES string of the molecule is c1ccc2c(-c3c4ccccc4c(-c4ccc5cc(-c6ccc7sc8c(ccc9ccc%10c%11ccccc%11sc%10c98)c7c6)ccc5c4)c4ccccc34)cccc2c1. The van der Waals surface area contributed by atoms with E-state index < -0.39 is 0 Å². The Hall–Kier alpha value is -6.84. The van der Waals surface area contributed by atoms with E-state index in [4.69, 9.17) is 0 Å². The van der Waals surface area contributed by atoms with Crippen LogP contribution in [0.3, 0.4) is 0 Å². The Kier molecular flexibility index (Phi) is 6.86. The third-order valence-electron chi connectivity index (χ3n) is 12.4. The molecule has 0 unspecified atom stereocenters. The van der Waals surface area contributed by atoms with Gasteiger partial charge in [-0.1, -0.05) is 164 Å². The van der Waals surface area contributed by atoms with Crippen molar-refractivity contribution in [1.29, 1.82) is 0 Å². The summed E-state index contributed by atoms with van der Waals surface area (Å²) in [5, 5.41) is 18.2. The molecule has 0 bridgehead atoms. The van der Waals surface area contributed by atoms with E-state index in [2.05, 4.69) is 194 Å². The van der Waals surface area contributed by atoms with Gasteiger partial charge in [-0.3, -0.25) is 0 Å². The highest BCUT2D eigenvalue weighted by Crippen LogP contribution is 2.48. The fraction of sp³-hybridized carbons (Fsp3) is 0. The van der Waals surface area contributed by atoms with Crippen LogP contribution in [0.15, 0.2) is 194 Å². The molecule has 0 aliphatic heterocycles. The zero-order valence-corrected chi connectivity index (χ0v) is 32.9. The Balaban J connectivity index is 0.946. The second-order valence-electron chi connectivity index (χ2n) is 15.5. The first kappa shape index (κ1) is 32.3. The lowest BCUT2D eigenvalue weighted by Gasteiger charge is -2.19. The number of thiophene rings is 2. The van der Waals surface area contributed by atoms with E-state index in [1.54, 1.807) is 0 Å². The predicted molar refractivity (Wildman–Crippen MR) is 256 cm³/mol. The van der Waals surface area contributed by atoms with Crippen molar-refractivity contribution in [3.8, 4) is 33.4 Å². The molecule has 0 aliphatic carbocycles. The summed E-state index contributed by atoms with van der Waals surface area (Å²) < 4.78 is 5.47. The standard InChI is InChI=1S/C56H32S2/c1-2-12-40-33(10-1)11-9-18-42(40)54-45-16-5-3-14-43(45)52(44-15-4-6-17-46(44)54)39-23-22-35-30-36(20-21-37(35)31-39)38-26-29-51-49(32-38)48-28-25-34-24-27-47-41-13-7-8-19-50(41)57-55(47)53(34)56(48)58-51/h1-32H. The number of rotatable bonds is 3. The second-order valence-corrected chi connectivity index (χ2v) is 17.6. The van der Waals surface area contributed by atoms with Gasteiger partial charge in [0.15, 0.2) is 0 Å². The van der Waals surface area contributed by atoms with Gasteiger partial charge >= 0.3 is 0 Å². The van der Waals surface area contributed by atoms with Gasteiger partial charge in [-0.05, 0) is 112 Å². The van der Waals surface area contributed by atoms with Gasteiger partial charge in [0, 0.05) is 45.7 Å². The van der Waals surface area contributed by atoms with Crippen molar-refractivity contribution in [3.05, 3.63) is 194 Å². The molecule has 13 aromatic rings. The van der Waals surface area contributed by atoms with Crippen LogP contribution in [-0.4, -0.2) is 0 Å². The summed E-state index contributed by atoms with van der Waals surface area (Å²) in [5.41, 5.74) is 7.59. The molecule has 268 valence electrons. The third-order valence-corrected chi connectivity index (χ3v) is 14.8. The lowest BCUT2D eigenvalue weighted by atomic mass is 9.84. The summed E-state index contributed by atoms with van der Waals surface area (Å²) in [4.78, 5) is 0. The summed E-state index contributed by atoms with van der Waals surface area (Å²) in [6.45, 7) is 0. The zero-order chi connectivity index (χ0) is 37.9. The fourth-order valence-electron chi connectivity index (χ4n) is 9.75. The first-order valence-corrected chi connectivity index (χ1v) is 21.5. The van der Waals surface area contributed by atoms with Crippen LogP contribution >= 0.6 is 22.7 Å². The van der Waals surface area contributed by atoms with Crippen LogP contribution in [0.25, 0.3) is 128 Å². The molecule has 0 nitrogen and oxygen atoms in total. The van der Waals surface area contributed by atoms with Gasteiger partial charge < -0.3 is 0 Å². The number of hydrogen-bond acceptors (Lipinski definition) is 2. The summed E-state index contributed by atoms with van der Waals surface area (Å²) in [6.07, 6.45) is 0. The minimum atomic E-state index is 1.24. The summed E-state index contributed by atoms with van der Waals surface area (Å²) in [5.74, 6) is 0. The second kappa shape index (κ2) is 12.3. The van der Waals surface area contributed by atoms with Crippen LogP contribution in [0.4, 0.5) is 0 Å². The van der Waals surface area contributed by atoms with Crippen LogP contribution in [0, 0.1) is 0 Å². The van der Waals surface area contributed by atoms with Crippen LogP contribution < -0.4 is 0 Å². The monoisotopic (exact) mass is 768 g/mol.